The summed E-state index contributed by atoms with van der Waals surface area (Å²) >= 11 is 0. The molecule has 0 aromatic heterocycles. The zero-order valence-electron chi connectivity index (χ0n) is 16.0. The largest absolute Gasteiger partial charge is 0.573 e. The number of benzene rings is 2. The smallest absolute Gasteiger partial charge is 0.496 e. The SMILES string of the molecule is COc1ccccc1C(CNC(=O)c1ccc(OC(F)(F)F)cc1)N1CCCC1. The Kier molecular flexibility index (Phi) is 6.64. The summed E-state index contributed by atoms with van der Waals surface area (Å²) in [7, 11) is 1.61. The number of para-hydroxylation sites is 1. The van der Waals surface area contributed by atoms with Gasteiger partial charge in [0.25, 0.3) is 5.91 Å². The molecule has 3 rings (SSSR count). The highest BCUT2D eigenvalue weighted by Crippen LogP contribution is 2.31. The Hall–Kier alpha value is -2.74. The Bertz CT molecular complexity index is 819. The lowest BCUT2D eigenvalue weighted by atomic mass is 10.0. The second-order valence-corrected chi connectivity index (χ2v) is 6.78. The van der Waals surface area contributed by atoms with E-state index in [-0.39, 0.29) is 23.3 Å². The van der Waals surface area contributed by atoms with Crippen LogP contribution in [-0.2, 0) is 0 Å². The molecule has 0 bridgehead atoms. The van der Waals surface area contributed by atoms with Crippen LogP contribution >= 0.6 is 0 Å². The Balaban J connectivity index is 1.70. The highest BCUT2D eigenvalue weighted by Gasteiger charge is 2.31. The van der Waals surface area contributed by atoms with Gasteiger partial charge in [0.05, 0.1) is 13.2 Å². The van der Waals surface area contributed by atoms with Crippen molar-refractivity contribution in [3.63, 3.8) is 0 Å². The number of nitrogens with zero attached hydrogens (tertiary/aromatic N) is 1. The number of ether oxygens (including phenoxy) is 2. The normalized spacial score (nSPS) is 15.7. The fraction of sp³-hybridized carbons (Fsp3) is 0.381. The zero-order valence-corrected chi connectivity index (χ0v) is 16.0. The Morgan fingerprint density at radius 3 is 2.38 bits per heavy atom. The number of hydrogen-bond donors (Lipinski definition) is 1. The van der Waals surface area contributed by atoms with Gasteiger partial charge in [-0.25, -0.2) is 0 Å². The van der Waals surface area contributed by atoms with Crippen LogP contribution < -0.4 is 14.8 Å². The molecule has 0 aliphatic carbocycles. The van der Waals surface area contributed by atoms with Crippen LogP contribution in [0.2, 0.25) is 0 Å². The molecule has 0 radical (unpaired) electrons. The maximum absolute atomic E-state index is 12.5. The number of carbonyl (C=O) groups is 1. The van der Waals surface area contributed by atoms with Crippen molar-refractivity contribution in [2.24, 2.45) is 0 Å². The van der Waals surface area contributed by atoms with E-state index in [1.165, 1.54) is 12.1 Å². The van der Waals surface area contributed by atoms with E-state index in [4.69, 9.17) is 4.74 Å². The molecule has 1 N–H and O–H groups in total. The average Bonchev–Trinajstić information content (AvgIpc) is 3.22. The van der Waals surface area contributed by atoms with Crippen molar-refractivity contribution < 1.29 is 27.4 Å². The minimum absolute atomic E-state index is 0.0505. The van der Waals surface area contributed by atoms with Crippen molar-refractivity contribution in [2.75, 3.05) is 26.7 Å². The number of halogens is 3. The van der Waals surface area contributed by atoms with Crippen LogP contribution in [-0.4, -0.2) is 43.9 Å². The van der Waals surface area contributed by atoms with Crippen molar-refractivity contribution in [3.8, 4) is 11.5 Å². The summed E-state index contributed by atoms with van der Waals surface area (Å²) in [5.41, 5.74) is 1.26. The van der Waals surface area contributed by atoms with Crippen LogP contribution in [0.3, 0.4) is 0 Å². The Morgan fingerprint density at radius 2 is 1.76 bits per heavy atom. The number of amides is 1. The van der Waals surface area contributed by atoms with E-state index in [1.807, 2.05) is 24.3 Å². The summed E-state index contributed by atoms with van der Waals surface area (Å²) in [6.07, 6.45) is -2.57. The molecule has 0 saturated carbocycles. The number of carbonyl (C=O) groups excluding carboxylic acids is 1. The second-order valence-electron chi connectivity index (χ2n) is 6.78. The molecular formula is C21H23F3N2O3. The maximum atomic E-state index is 12.5. The summed E-state index contributed by atoms with van der Waals surface area (Å²) < 4.78 is 46.1. The Morgan fingerprint density at radius 1 is 1.10 bits per heavy atom. The van der Waals surface area contributed by atoms with Gasteiger partial charge in [-0.1, -0.05) is 18.2 Å². The third kappa shape index (κ3) is 5.63. The summed E-state index contributed by atoms with van der Waals surface area (Å²) in [5.74, 6) is 0.0352. The average molecular weight is 408 g/mol. The third-order valence-corrected chi connectivity index (χ3v) is 4.89. The summed E-state index contributed by atoms with van der Waals surface area (Å²) in [6, 6.07) is 12.5. The van der Waals surface area contributed by atoms with Crippen molar-refractivity contribution in [3.05, 3.63) is 59.7 Å². The minimum atomic E-state index is -4.76. The van der Waals surface area contributed by atoms with Crippen molar-refractivity contribution >= 4 is 5.91 Å². The first-order valence-electron chi connectivity index (χ1n) is 9.38. The van der Waals surface area contributed by atoms with Crippen LogP contribution in [0.4, 0.5) is 13.2 Å². The van der Waals surface area contributed by atoms with Gasteiger partial charge >= 0.3 is 6.36 Å². The lowest BCUT2D eigenvalue weighted by Crippen LogP contribution is -2.37. The molecule has 156 valence electrons. The molecule has 2 aromatic rings. The van der Waals surface area contributed by atoms with Gasteiger partial charge in [-0.2, -0.15) is 0 Å². The Labute approximate surface area is 167 Å². The molecular weight excluding hydrogens is 385 g/mol. The summed E-state index contributed by atoms with van der Waals surface area (Å²) in [5, 5.41) is 2.89. The lowest BCUT2D eigenvalue weighted by Gasteiger charge is -2.29. The minimum Gasteiger partial charge on any atom is -0.496 e. The third-order valence-electron chi connectivity index (χ3n) is 4.89. The monoisotopic (exact) mass is 408 g/mol. The molecule has 2 aromatic carbocycles. The van der Waals surface area contributed by atoms with Crippen LogP contribution in [0, 0.1) is 0 Å². The standard InChI is InChI=1S/C21H23F3N2O3/c1-28-19-7-3-2-6-17(19)18(26-12-4-5-13-26)14-25-20(27)15-8-10-16(11-9-15)29-21(22,23)24/h2-3,6-11,18H,4-5,12-14H2,1H3,(H,25,27). The van der Waals surface area contributed by atoms with E-state index in [2.05, 4.69) is 15.0 Å². The fourth-order valence-corrected chi connectivity index (χ4v) is 3.53. The first kappa shape index (κ1) is 21.0. The lowest BCUT2D eigenvalue weighted by molar-refractivity contribution is -0.274. The number of hydrogen-bond acceptors (Lipinski definition) is 4. The van der Waals surface area contributed by atoms with Crippen molar-refractivity contribution in [2.45, 2.75) is 25.2 Å². The van der Waals surface area contributed by atoms with Crippen LogP contribution in [0.5, 0.6) is 11.5 Å². The van der Waals surface area contributed by atoms with Crippen LogP contribution in [0.25, 0.3) is 0 Å². The molecule has 5 nitrogen and oxygen atoms in total. The quantitative estimate of drug-likeness (QED) is 0.748. The van der Waals surface area contributed by atoms with E-state index in [1.54, 1.807) is 7.11 Å². The highest BCUT2D eigenvalue weighted by atomic mass is 19.4. The summed E-state index contributed by atoms with van der Waals surface area (Å²) in [4.78, 5) is 14.8. The molecule has 0 spiro atoms. The number of rotatable bonds is 7. The van der Waals surface area contributed by atoms with E-state index < -0.39 is 6.36 Å². The molecule has 29 heavy (non-hydrogen) atoms. The topological polar surface area (TPSA) is 50.8 Å². The molecule has 1 fully saturated rings. The predicted molar refractivity (Wildman–Crippen MR) is 102 cm³/mol. The summed E-state index contributed by atoms with van der Waals surface area (Å²) in [6.45, 7) is 2.23. The van der Waals surface area contributed by atoms with Gasteiger partial charge in [0.15, 0.2) is 0 Å². The van der Waals surface area contributed by atoms with Gasteiger partial charge in [0.2, 0.25) is 0 Å². The molecule has 1 saturated heterocycles. The van der Waals surface area contributed by atoms with Gasteiger partial charge in [-0.15, -0.1) is 13.2 Å². The number of nitrogens with one attached hydrogen (secondary N) is 1. The van der Waals surface area contributed by atoms with Gasteiger partial charge in [0.1, 0.15) is 11.5 Å². The molecule has 8 heteroatoms. The van der Waals surface area contributed by atoms with E-state index in [9.17, 15) is 18.0 Å². The molecule has 1 unspecified atom stereocenters. The van der Waals surface area contributed by atoms with Crippen LogP contribution in [0.15, 0.2) is 48.5 Å². The zero-order chi connectivity index (χ0) is 20.9. The van der Waals surface area contributed by atoms with Crippen molar-refractivity contribution in [1.82, 2.24) is 10.2 Å². The molecule has 1 atom stereocenters. The first-order valence-corrected chi connectivity index (χ1v) is 9.38. The maximum Gasteiger partial charge on any atom is 0.573 e. The number of methoxy groups -OCH3 is 1. The van der Waals surface area contributed by atoms with Crippen LogP contribution in [0.1, 0.15) is 34.8 Å². The second kappa shape index (κ2) is 9.17. The van der Waals surface area contributed by atoms with E-state index >= 15 is 0 Å². The first-order chi connectivity index (χ1) is 13.9. The van der Waals surface area contributed by atoms with Crippen molar-refractivity contribution in [1.29, 1.82) is 0 Å². The molecule has 1 amide bonds. The van der Waals surface area contributed by atoms with Gasteiger partial charge in [-0.05, 0) is 56.3 Å². The molecule has 1 aliphatic rings. The van der Waals surface area contributed by atoms with E-state index in [0.717, 1.165) is 49.4 Å². The van der Waals surface area contributed by atoms with Gasteiger partial charge < -0.3 is 14.8 Å². The number of likely N-dealkylation sites (tertiary alicyclic amines) is 1. The molecule has 1 heterocycles. The highest BCUT2D eigenvalue weighted by molar-refractivity contribution is 5.94. The number of alkyl halides is 3. The van der Waals surface area contributed by atoms with E-state index in [0.29, 0.717) is 6.54 Å². The van der Waals surface area contributed by atoms with Gasteiger partial charge in [0, 0.05) is 17.7 Å². The fourth-order valence-electron chi connectivity index (χ4n) is 3.53. The molecule has 1 aliphatic heterocycles. The predicted octanol–water partition coefficient (Wildman–Crippen LogP) is 4.16. The van der Waals surface area contributed by atoms with Gasteiger partial charge in [-0.3, -0.25) is 9.69 Å².